The van der Waals surface area contributed by atoms with Gasteiger partial charge in [0.05, 0.1) is 28.7 Å². The minimum Gasteiger partial charge on any atom is -0.315 e. The second-order valence-electron chi connectivity index (χ2n) is 7.38. The molecule has 1 aliphatic rings. The van der Waals surface area contributed by atoms with E-state index in [-0.39, 0.29) is 0 Å². The van der Waals surface area contributed by atoms with Crippen LogP contribution in [0.1, 0.15) is 50.4 Å². The molecule has 1 aliphatic carbocycles. The molecule has 0 amide bonds. The van der Waals surface area contributed by atoms with Crippen LogP contribution in [0.3, 0.4) is 0 Å². The summed E-state index contributed by atoms with van der Waals surface area (Å²) in [6, 6.07) is 2.03. The molecule has 0 saturated heterocycles. The fraction of sp³-hybridized carbons (Fsp3) is 0.476. The minimum absolute atomic E-state index is 0.640. The Balaban J connectivity index is 1.44. The Labute approximate surface area is 185 Å². The molecule has 1 saturated carbocycles. The fourth-order valence-corrected chi connectivity index (χ4v) is 5.37. The zero-order chi connectivity index (χ0) is 20.8. The lowest BCUT2D eigenvalue weighted by atomic mass is 10.0. The second kappa shape index (κ2) is 10.3. The van der Waals surface area contributed by atoms with Crippen molar-refractivity contribution in [3.05, 3.63) is 36.0 Å². The standard InChI is InChI=1S/C21H27N7S2/c1-3-22-10-15-11-24-19(13-23-15)28-20-25-12-18(30-20)17-9-14(2)26-21(27-17)29-16-7-5-4-6-8-16/h9,11-13,16,22H,3-8,10H2,1-2H3,(H,24,25,28). The predicted octanol–water partition coefficient (Wildman–Crippen LogP) is 4.98. The van der Waals surface area contributed by atoms with E-state index in [9.17, 15) is 0 Å². The van der Waals surface area contributed by atoms with Gasteiger partial charge in [-0.3, -0.25) is 4.98 Å². The van der Waals surface area contributed by atoms with Gasteiger partial charge in [-0.1, -0.05) is 49.3 Å². The molecule has 3 aromatic heterocycles. The van der Waals surface area contributed by atoms with Crippen molar-refractivity contribution in [3.63, 3.8) is 0 Å². The number of nitrogens with one attached hydrogen (secondary N) is 2. The molecule has 0 atom stereocenters. The van der Waals surface area contributed by atoms with E-state index in [2.05, 4.69) is 37.5 Å². The summed E-state index contributed by atoms with van der Waals surface area (Å²) in [6.45, 7) is 5.73. The zero-order valence-corrected chi connectivity index (χ0v) is 19.0. The SMILES string of the molecule is CCNCc1cnc(Nc2ncc(-c3cc(C)nc(SC4CCCCC4)n3)s2)cn1. The summed E-state index contributed by atoms with van der Waals surface area (Å²) in [7, 11) is 0. The Morgan fingerprint density at radius 2 is 1.93 bits per heavy atom. The smallest absolute Gasteiger partial charge is 0.188 e. The first kappa shape index (κ1) is 21.1. The molecular weight excluding hydrogens is 414 g/mol. The van der Waals surface area contributed by atoms with Crippen LogP contribution in [0.4, 0.5) is 10.9 Å². The lowest BCUT2D eigenvalue weighted by molar-refractivity contribution is 0.515. The Kier molecular flexibility index (Phi) is 7.24. The highest BCUT2D eigenvalue weighted by atomic mass is 32.2. The average molecular weight is 442 g/mol. The van der Waals surface area contributed by atoms with Crippen molar-refractivity contribution < 1.29 is 0 Å². The van der Waals surface area contributed by atoms with Crippen LogP contribution in [0, 0.1) is 6.92 Å². The van der Waals surface area contributed by atoms with Crippen molar-refractivity contribution in [2.24, 2.45) is 0 Å². The van der Waals surface area contributed by atoms with E-state index in [1.165, 1.54) is 32.1 Å². The summed E-state index contributed by atoms with van der Waals surface area (Å²) in [5, 5.41) is 8.77. The maximum absolute atomic E-state index is 4.82. The molecule has 3 aromatic rings. The third kappa shape index (κ3) is 5.74. The van der Waals surface area contributed by atoms with Crippen molar-refractivity contribution in [1.82, 2.24) is 30.2 Å². The number of thiazole rings is 1. The average Bonchev–Trinajstić information content (AvgIpc) is 3.22. The zero-order valence-electron chi connectivity index (χ0n) is 17.4. The summed E-state index contributed by atoms with van der Waals surface area (Å²) in [5.74, 6) is 0.684. The Hall–Kier alpha value is -2.10. The second-order valence-corrected chi connectivity index (χ2v) is 9.68. The Morgan fingerprint density at radius 1 is 1.07 bits per heavy atom. The van der Waals surface area contributed by atoms with Crippen LogP contribution in [0.5, 0.6) is 0 Å². The predicted molar refractivity (Wildman–Crippen MR) is 123 cm³/mol. The molecule has 7 nitrogen and oxygen atoms in total. The molecule has 2 N–H and O–H groups in total. The summed E-state index contributed by atoms with van der Waals surface area (Å²) < 4.78 is 0. The highest BCUT2D eigenvalue weighted by Crippen LogP contribution is 2.34. The van der Waals surface area contributed by atoms with Gasteiger partial charge in [0, 0.05) is 23.7 Å². The molecule has 30 heavy (non-hydrogen) atoms. The first-order valence-corrected chi connectivity index (χ1v) is 12.2. The Morgan fingerprint density at radius 3 is 2.70 bits per heavy atom. The number of hydrogen-bond acceptors (Lipinski definition) is 9. The topological polar surface area (TPSA) is 88.5 Å². The van der Waals surface area contributed by atoms with Crippen LogP contribution < -0.4 is 10.6 Å². The van der Waals surface area contributed by atoms with Crippen molar-refractivity contribution in [2.45, 2.75) is 62.9 Å². The van der Waals surface area contributed by atoms with Gasteiger partial charge in [0.25, 0.3) is 0 Å². The largest absolute Gasteiger partial charge is 0.315 e. The van der Waals surface area contributed by atoms with Gasteiger partial charge in [0.2, 0.25) is 0 Å². The van der Waals surface area contributed by atoms with Crippen molar-refractivity contribution in [2.75, 3.05) is 11.9 Å². The van der Waals surface area contributed by atoms with E-state index in [0.717, 1.165) is 45.3 Å². The van der Waals surface area contributed by atoms with Gasteiger partial charge in [0.1, 0.15) is 0 Å². The molecular formula is C21H27N7S2. The fourth-order valence-electron chi connectivity index (χ4n) is 3.38. The first-order chi connectivity index (χ1) is 14.7. The number of hydrogen-bond donors (Lipinski definition) is 2. The maximum atomic E-state index is 4.82. The van der Waals surface area contributed by atoms with Crippen molar-refractivity contribution in [1.29, 1.82) is 0 Å². The summed E-state index contributed by atoms with van der Waals surface area (Å²) >= 11 is 3.39. The van der Waals surface area contributed by atoms with E-state index in [0.29, 0.717) is 11.1 Å². The van der Waals surface area contributed by atoms with E-state index >= 15 is 0 Å². The summed E-state index contributed by atoms with van der Waals surface area (Å²) in [4.78, 5) is 23.8. The van der Waals surface area contributed by atoms with Gasteiger partial charge >= 0.3 is 0 Å². The third-order valence-corrected chi connectivity index (χ3v) is 7.05. The lowest BCUT2D eigenvalue weighted by Crippen LogP contribution is -2.13. The third-order valence-electron chi connectivity index (χ3n) is 4.91. The van der Waals surface area contributed by atoms with Crippen molar-refractivity contribution in [3.8, 4) is 10.6 Å². The molecule has 4 rings (SSSR count). The molecule has 9 heteroatoms. The molecule has 1 fully saturated rings. The molecule has 0 bridgehead atoms. The van der Waals surface area contributed by atoms with Crippen LogP contribution in [0.15, 0.2) is 29.8 Å². The molecule has 0 aromatic carbocycles. The molecule has 3 heterocycles. The van der Waals surface area contributed by atoms with Crippen LogP contribution in [-0.2, 0) is 6.54 Å². The van der Waals surface area contributed by atoms with E-state index in [1.54, 1.807) is 23.7 Å². The van der Waals surface area contributed by atoms with Gasteiger partial charge < -0.3 is 10.6 Å². The number of thioether (sulfide) groups is 1. The van der Waals surface area contributed by atoms with Crippen LogP contribution >= 0.6 is 23.1 Å². The maximum Gasteiger partial charge on any atom is 0.188 e. The van der Waals surface area contributed by atoms with E-state index < -0.39 is 0 Å². The lowest BCUT2D eigenvalue weighted by Gasteiger charge is -2.20. The van der Waals surface area contributed by atoms with Gasteiger partial charge in [0.15, 0.2) is 16.1 Å². The number of anilines is 2. The number of rotatable bonds is 8. The summed E-state index contributed by atoms with van der Waals surface area (Å²) in [5.41, 5.74) is 2.84. The van der Waals surface area contributed by atoms with E-state index in [4.69, 9.17) is 4.98 Å². The van der Waals surface area contributed by atoms with Crippen LogP contribution in [0.2, 0.25) is 0 Å². The van der Waals surface area contributed by atoms with Crippen LogP contribution in [-0.4, -0.2) is 36.7 Å². The molecule has 0 aliphatic heterocycles. The molecule has 0 unspecified atom stereocenters. The number of nitrogens with zero attached hydrogens (tertiary/aromatic N) is 5. The number of aromatic nitrogens is 5. The molecule has 0 spiro atoms. The van der Waals surface area contributed by atoms with E-state index in [1.807, 2.05) is 30.9 Å². The van der Waals surface area contributed by atoms with Gasteiger partial charge in [-0.15, -0.1) is 0 Å². The molecule has 158 valence electrons. The monoisotopic (exact) mass is 441 g/mol. The highest BCUT2D eigenvalue weighted by molar-refractivity contribution is 7.99. The molecule has 0 radical (unpaired) electrons. The minimum atomic E-state index is 0.640. The Bertz CT molecular complexity index is 952. The quantitative estimate of drug-likeness (QED) is 0.473. The first-order valence-electron chi connectivity index (χ1n) is 10.5. The number of aryl methyl sites for hydroxylation is 1. The highest BCUT2D eigenvalue weighted by Gasteiger charge is 2.17. The van der Waals surface area contributed by atoms with Crippen molar-refractivity contribution >= 4 is 34.0 Å². The normalized spacial score (nSPS) is 14.7. The van der Waals surface area contributed by atoms with Gasteiger partial charge in [-0.25, -0.2) is 19.9 Å². The van der Waals surface area contributed by atoms with Crippen LogP contribution in [0.25, 0.3) is 10.6 Å². The van der Waals surface area contributed by atoms with Gasteiger partial charge in [-0.05, 0) is 32.4 Å². The van der Waals surface area contributed by atoms with Gasteiger partial charge in [-0.2, -0.15) is 0 Å². The summed E-state index contributed by atoms with van der Waals surface area (Å²) in [6.07, 6.45) is 11.9.